The van der Waals surface area contributed by atoms with Crippen molar-refractivity contribution in [2.24, 2.45) is 0 Å². The van der Waals surface area contributed by atoms with Crippen LogP contribution in [0.15, 0.2) is 18.3 Å². The summed E-state index contributed by atoms with van der Waals surface area (Å²) in [6.45, 7) is 3.00. The average molecular weight is 240 g/mol. The van der Waals surface area contributed by atoms with Crippen LogP contribution in [0, 0.1) is 5.82 Å². The molecule has 1 N–H and O–H groups in total. The third-order valence-corrected chi connectivity index (χ3v) is 2.60. The third kappa shape index (κ3) is 4.28. The molecule has 1 fully saturated rings. The Labute approximate surface area is 100 Å². The number of aromatic nitrogens is 1. The molecule has 0 radical (unpaired) electrons. The molecule has 1 aliphatic rings. The van der Waals surface area contributed by atoms with Crippen LogP contribution in [0.3, 0.4) is 0 Å². The average Bonchev–Trinajstić information content (AvgIpc) is 2.84. The van der Waals surface area contributed by atoms with Crippen LogP contribution in [0.4, 0.5) is 10.2 Å². The van der Waals surface area contributed by atoms with Gasteiger partial charge in [0.2, 0.25) is 0 Å². The first-order valence-electron chi connectivity index (χ1n) is 5.89. The van der Waals surface area contributed by atoms with Gasteiger partial charge in [0.15, 0.2) is 0 Å². The lowest BCUT2D eigenvalue weighted by Gasteiger charge is -2.10. The van der Waals surface area contributed by atoms with Crippen LogP contribution < -0.4 is 5.32 Å². The zero-order valence-electron chi connectivity index (χ0n) is 9.69. The molecule has 1 aliphatic heterocycles. The lowest BCUT2D eigenvalue weighted by molar-refractivity contribution is 0.0427. The fourth-order valence-corrected chi connectivity index (χ4v) is 1.66. The molecule has 1 aromatic heterocycles. The quantitative estimate of drug-likeness (QED) is 0.770. The highest BCUT2D eigenvalue weighted by Gasteiger charge is 2.15. The number of nitrogens with zero attached hydrogens (tertiary/aromatic N) is 1. The van der Waals surface area contributed by atoms with Crippen molar-refractivity contribution >= 4 is 5.82 Å². The minimum absolute atomic E-state index is 0.263. The summed E-state index contributed by atoms with van der Waals surface area (Å²) in [5, 5.41) is 3.11. The van der Waals surface area contributed by atoms with E-state index in [0.29, 0.717) is 19.0 Å². The predicted octanol–water partition coefficient (Wildman–Crippen LogP) is 1.83. The molecule has 0 amide bonds. The fourth-order valence-electron chi connectivity index (χ4n) is 1.66. The molecule has 0 aliphatic carbocycles. The van der Waals surface area contributed by atoms with Gasteiger partial charge in [0.05, 0.1) is 18.9 Å². The SMILES string of the molecule is Fc1ccc(NCCCO[C@H]2CCOC2)nc1. The van der Waals surface area contributed by atoms with Crippen molar-refractivity contribution < 1.29 is 13.9 Å². The number of ether oxygens (including phenoxy) is 2. The van der Waals surface area contributed by atoms with Crippen LogP contribution in [0.1, 0.15) is 12.8 Å². The van der Waals surface area contributed by atoms with Crippen LogP contribution in [-0.2, 0) is 9.47 Å². The molecule has 0 bridgehead atoms. The molecule has 94 valence electrons. The number of hydrogen-bond acceptors (Lipinski definition) is 4. The molecular formula is C12H17FN2O2. The summed E-state index contributed by atoms with van der Waals surface area (Å²) in [4.78, 5) is 3.91. The minimum Gasteiger partial charge on any atom is -0.379 e. The molecule has 1 saturated heterocycles. The summed E-state index contributed by atoms with van der Waals surface area (Å²) in [5.74, 6) is 0.371. The van der Waals surface area contributed by atoms with Crippen LogP contribution in [0.2, 0.25) is 0 Å². The van der Waals surface area contributed by atoms with Crippen molar-refractivity contribution in [2.45, 2.75) is 18.9 Å². The van der Waals surface area contributed by atoms with Gasteiger partial charge in [-0.1, -0.05) is 0 Å². The van der Waals surface area contributed by atoms with Crippen LogP contribution in [-0.4, -0.2) is 37.5 Å². The van der Waals surface area contributed by atoms with E-state index in [-0.39, 0.29) is 11.9 Å². The highest BCUT2D eigenvalue weighted by molar-refractivity contribution is 5.33. The summed E-state index contributed by atoms with van der Waals surface area (Å²) in [7, 11) is 0. The molecule has 5 heteroatoms. The molecule has 0 aromatic carbocycles. The smallest absolute Gasteiger partial charge is 0.141 e. The number of anilines is 1. The van der Waals surface area contributed by atoms with Crippen LogP contribution in [0.25, 0.3) is 0 Å². The third-order valence-electron chi connectivity index (χ3n) is 2.60. The normalized spacial score (nSPS) is 19.5. The van der Waals surface area contributed by atoms with E-state index in [9.17, 15) is 4.39 Å². The number of nitrogens with one attached hydrogen (secondary N) is 1. The zero-order valence-corrected chi connectivity index (χ0v) is 9.69. The molecule has 4 nitrogen and oxygen atoms in total. The van der Waals surface area contributed by atoms with Crippen LogP contribution >= 0.6 is 0 Å². The topological polar surface area (TPSA) is 43.4 Å². The molecule has 0 unspecified atom stereocenters. The van der Waals surface area contributed by atoms with Gasteiger partial charge in [0.25, 0.3) is 0 Å². The molecular weight excluding hydrogens is 223 g/mol. The van der Waals surface area contributed by atoms with Crippen molar-refractivity contribution in [1.82, 2.24) is 4.98 Å². The van der Waals surface area contributed by atoms with E-state index in [4.69, 9.17) is 9.47 Å². The second kappa shape index (κ2) is 6.51. The number of pyridine rings is 1. The number of halogens is 1. The molecule has 2 heterocycles. The van der Waals surface area contributed by atoms with Crippen LogP contribution in [0.5, 0.6) is 0 Å². The summed E-state index contributed by atoms with van der Waals surface area (Å²) in [6, 6.07) is 3.02. The lowest BCUT2D eigenvalue weighted by Crippen LogP contribution is -2.15. The first kappa shape index (κ1) is 12.3. The minimum atomic E-state index is -0.319. The van der Waals surface area contributed by atoms with E-state index in [2.05, 4.69) is 10.3 Å². The second-order valence-corrected chi connectivity index (χ2v) is 4.00. The number of rotatable bonds is 6. The van der Waals surface area contributed by atoms with Gasteiger partial charge in [-0.3, -0.25) is 0 Å². The Morgan fingerprint density at radius 2 is 2.47 bits per heavy atom. The fraction of sp³-hybridized carbons (Fsp3) is 0.583. The molecule has 0 spiro atoms. The Morgan fingerprint density at radius 3 is 3.18 bits per heavy atom. The van der Waals surface area contributed by atoms with E-state index in [0.717, 1.165) is 26.0 Å². The summed E-state index contributed by atoms with van der Waals surface area (Å²) in [6.07, 6.45) is 3.36. The highest BCUT2D eigenvalue weighted by atomic mass is 19.1. The maximum atomic E-state index is 12.6. The van der Waals surface area contributed by atoms with Gasteiger partial charge < -0.3 is 14.8 Å². The number of hydrogen-bond donors (Lipinski definition) is 1. The van der Waals surface area contributed by atoms with Crippen molar-refractivity contribution in [3.63, 3.8) is 0 Å². The summed E-state index contributed by atoms with van der Waals surface area (Å²) in [5.41, 5.74) is 0. The van der Waals surface area contributed by atoms with Gasteiger partial charge in [-0.25, -0.2) is 9.37 Å². The van der Waals surface area contributed by atoms with Gasteiger partial charge in [0, 0.05) is 19.8 Å². The van der Waals surface area contributed by atoms with Gasteiger partial charge in [-0.2, -0.15) is 0 Å². The van der Waals surface area contributed by atoms with Gasteiger partial charge in [-0.15, -0.1) is 0 Å². The van der Waals surface area contributed by atoms with E-state index in [1.807, 2.05) is 0 Å². The largest absolute Gasteiger partial charge is 0.379 e. The molecule has 2 rings (SSSR count). The van der Waals surface area contributed by atoms with Gasteiger partial charge in [-0.05, 0) is 25.0 Å². The predicted molar refractivity (Wildman–Crippen MR) is 62.5 cm³/mol. The van der Waals surface area contributed by atoms with Crippen molar-refractivity contribution in [3.8, 4) is 0 Å². The van der Waals surface area contributed by atoms with Crippen molar-refractivity contribution in [2.75, 3.05) is 31.7 Å². The molecule has 1 aromatic rings. The van der Waals surface area contributed by atoms with E-state index in [1.165, 1.54) is 12.3 Å². The maximum Gasteiger partial charge on any atom is 0.141 e. The van der Waals surface area contributed by atoms with E-state index in [1.54, 1.807) is 6.07 Å². The Kier molecular flexibility index (Phi) is 4.70. The summed E-state index contributed by atoms with van der Waals surface area (Å²) < 4.78 is 23.4. The molecule has 17 heavy (non-hydrogen) atoms. The van der Waals surface area contributed by atoms with Gasteiger partial charge in [0.1, 0.15) is 11.6 Å². The summed E-state index contributed by atoms with van der Waals surface area (Å²) >= 11 is 0. The lowest BCUT2D eigenvalue weighted by atomic mass is 10.3. The monoisotopic (exact) mass is 240 g/mol. The Bertz CT molecular complexity index is 326. The van der Waals surface area contributed by atoms with E-state index < -0.39 is 0 Å². The molecule has 1 atom stereocenters. The first-order valence-corrected chi connectivity index (χ1v) is 5.89. The Morgan fingerprint density at radius 1 is 1.53 bits per heavy atom. The maximum absolute atomic E-state index is 12.6. The van der Waals surface area contributed by atoms with Crippen molar-refractivity contribution in [1.29, 1.82) is 0 Å². The highest BCUT2D eigenvalue weighted by Crippen LogP contribution is 2.08. The second-order valence-electron chi connectivity index (χ2n) is 4.00. The van der Waals surface area contributed by atoms with Crippen molar-refractivity contribution in [3.05, 3.63) is 24.1 Å². The van der Waals surface area contributed by atoms with Gasteiger partial charge >= 0.3 is 0 Å². The van der Waals surface area contributed by atoms with E-state index >= 15 is 0 Å². The Balaban J connectivity index is 1.55. The molecule has 0 saturated carbocycles. The Hall–Kier alpha value is -1.20. The standard InChI is InChI=1S/C12H17FN2O2/c13-10-2-3-12(15-8-10)14-5-1-6-17-11-4-7-16-9-11/h2-3,8,11H,1,4-7,9H2,(H,14,15)/t11-/m0/s1. The zero-order chi connectivity index (χ0) is 11.9. The first-order chi connectivity index (χ1) is 8.34.